The summed E-state index contributed by atoms with van der Waals surface area (Å²) in [6.07, 6.45) is -0.254. The number of nitrogens with zero attached hydrogens (tertiary/aromatic N) is 5. The van der Waals surface area contributed by atoms with Crippen LogP contribution in [0.2, 0.25) is 5.02 Å². The highest BCUT2D eigenvalue weighted by molar-refractivity contribution is 6.36. The number of hydrogen-bond acceptors (Lipinski definition) is 7. The number of halogens is 4. The van der Waals surface area contributed by atoms with Crippen LogP contribution in [0.3, 0.4) is 0 Å². The molecule has 0 bridgehead atoms. The Bertz CT molecular complexity index is 1310. The van der Waals surface area contributed by atoms with E-state index in [1.54, 1.807) is 6.20 Å². The van der Waals surface area contributed by atoms with Gasteiger partial charge in [0.1, 0.15) is 5.82 Å². The molecule has 0 saturated carbocycles. The number of hydrazine groups is 1. The lowest BCUT2D eigenvalue weighted by atomic mass is 9.91. The summed E-state index contributed by atoms with van der Waals surface area (Å²) in [5.74, 6) is 6.37. The lowest BCUT2D eigenvalue weighted by molar-refractivity contribution is -0.149. The number of alkyl halides is 3. The largest absolute Gasteiger partial charge is 0.403 e. The SMILES string of the molecule is CCc1nc2ccc(C(/C(=C/N)NN)c3cnc(C)n3C)cc2c(Cl)c1CN1CCN(CC(F)(F)F)CC1. The predicted octanol–water partition coefficient (Wildman–Crippen LogP) is 3.57. The van der Waals surface area contributed by atoms with Crippen molar-refractivity contribution in [1.82, 2.24) is 29.8 Å². The lowest BCUT2D eigenvalue weighted by Crippen LogP contribution is -2.48. The van der Waals surface area contributed by atoms with Gasteiger partial charge in [0.25, 0.3) is 0 Å². The van der Waals surface area contributed by atoms with Gasteiger partial charge in [-0.25, -0.2) is 4.98 Å². The number of aromatic nitrogens is 3. The van der Waals surface area contributed by atoms with Gasteiger partial charge in [-0.2, -0.15) is 13.2 Å². The number of allylic oxidation sites excluding steroid dienone is 1. The third-order valence-electron chi connectivity index (χ3n) is 7.25. The maximum absolute atomic E-state index is 12.8. The van der Waals surface area contributed by atoms with Gasteiger partial charge in [-0.05, 0) is 31.0 Å². The van der Waals surface area contributed by atoms with Crippen LogP contribution in [0.5, 0.6) is 0 Å². The van der Waals surface area contributed by atoms with Crippen molar-refractivity contribution in [3.05, 3.63) is 69.7 Å². The van der Waals surface area contributed by atoms with E-state index in [9.17, 15) is 13.2 Å². The molecule has 1 saturated heterocycles. The van der Waals surface area contributed by atoms with Gasteiger partial charge in [-0.15, -0.1) is 0 Å². The molecule has 2 aromatic heterocycles. The molecular weight excluding hydrogens is 517 g/mol. The number of nitrogens with two attached hydrogens (primary N) is 2. The molecule has 8 nitrogen and oxygen atoms in total. The number of aryl methyl sites for hydroxylation is 2. The van der Waals surface area contributed by atoms with Crippen LogP contribution in [0.1, 0.15) is 41.2 Å². The molecule has 1 atom stereocenters. The smallest absolute Gasteiger partial charge is 0.401 e. The second kappa shape index (κ2) is 11.5. The van der Waals surface area contributed by atoms with Crippen molar-refractivity contribution in [2.24, 2.45) is 18.6 Å². The minimum atomic E-state index is -4.19. The van der Waals surface area contributed by atoms with Crippen molar-refractivity contribution < 1.29 is 13.2 Å². The number of rotatable bonds is 8. The third-order valence-corrected chi connectivity index (χ3v) is 7.68. The summed E-state index contributed by atoms with van der Waals surface area (Å²) < 4.78 is 40.4. The van der Waals surface area contributed by atoms with Crippen LogP contribution in [0.25, 0.3) is 10.9 Å². The van der Waals surface area contributed by atoms with E-state index in [2.05, 4.69) is 15.3 Å². The van der Waals surface area contributed by atoms with Crippen LogP contribution < -0.4 is 17.0 Å². The highest BCUT2D eigenvalue weighted by Gasteiger charge is 2.32. The fourth-order valence-electron chi connectivity index (χ4n) is 5.07. The second-order valence-electron chi connectivity index (χ2n) is 9.64. The minimum Gasteiger partial charge on any atom is -0.403 e. The molecule has 1 fully saturated rings. The van der Waals surface area contributed by atoms with Crippen molar-refractivity contribution >= 4 is 22.5 Å². The minimum absolute atomic E-state index is 0.312. The van der Waals surface area contributed by atoms with Crippen LogP contribution in [0.4, 0.5) is 13.2 Å². The Balaban J connectivity index is 1.69. The summed E-state index contributed by atoms with van der Waals surface area (Å²) in [4.78, 5) is 12.9. The van der Waals surface area contributed by atoms with Crippen molar-refractivity contribution in [3.63, 3.8) is 0 Å². The number of fused-ring (bicyclic) bond motifs is 1. The number of nitrogens with one attached hydrogen (secondary N) is 1. The summed E-state index contributed by atoms with van der Waals surface area (Å²) in [5.41, 5.74) is 13.6. The fourth-order valence-corrected chi connectivity index (χ4v) is 5.39. The van der Waals surface area contributed by atoms with E-state index < -0.39 is 12.7 Å². The first kappa shape index (κ1) is 28.2. The first-order valence-corrected chi connectivity index (χ1v) is 12.9. The number of hydrogen-bond donors (Lipinski definition) is 3. The zero-order valence-corrected chi connectivity index (χ0v) is 22.6. The molecule has 38 heavy (non-hydrogen) atoms. The van der Waals surface area contributed by atoms with E-state index in [1.165, 1.54) is 11.1 Å². The number of imidazole rings is 1. The lowest BCUT2D eigenvalue weighted by Gasteiger charge is -2.35. The van der Waals surface area contributed by atoms with Crippen molar-refractivity contribution in [2.75, 3.05) is 32.7 Å². The topological polar surface area (TPSA) is 101 Å². The molecule has 1 aliphatic heterocycles. The van der Waals surface area contributed by atoms with Crippen molar-refractivity contribution in [1.29, 1.82) is 0 Å². The molecule has 0 amide bonds. The zero-order chi connectivity index (χ0) is 27.6. The van der Waals surface area contributed by atoms with Crippen LogP contribution in [-0.4, -0.2) is 63.2 Å². The molecule has 0 radical (unpaired) electrons. The standard InChI is InChI=1S/C26H34ClF3N8/c1-4-20-19(14-37-7-9-38(10-8-37)15-26(28,29)30)25(27)18-11-17(5-6-21(18)34-20)24(22(12-31)35-32)23-13-33-16(2)36(23)3/h5-6,11-13,24,35H,4,7-10,14-15,31-32H2,1-3H3/b22-12-. The quantitative estimate of drug-likeness (QED) is 0.291. The van der Waals surface area contributed by atoms with Crippen molar-refractivity contribution in [3.8, 4) is 0 Å². The Morgan fingerprint density at radius 3 is 2.45 bits per heavy atom. The highest BCUT2D eigenvalue weighted by atomic mass is 35.5. The summed E-state index contributed by atoms with van der Waals surface area (Å²) >= 11 is 7.04. The van der Waals surface area contributed by atoms with Gasteiger partial charge in [-0.3, -0.25) is 20.6 Å². The maximum atomic E-state index is 12.8. The molecule has 12 heteroatoms. The Hall–Kier alpha value is -2.86. The molecule has 206 valence electrons. The maximum Gasteiger partial charge on any atom is 0.401 e. The van der Waals surface area contributed by atoms with Gasteiger partial charge in [0.05, 0.1) is 34.4 Å². The molecule has 0 aliphatic carbocycles. The monoisotopic (exact) mass is 550 g/mol. The zero-order valence-electron chi connectivity index (χ0n) is 21.8. The average molecular weight is 551 g/mol. The van der Waals surface area contributed by atoms with Crippen molar-refractivity contribution in [2.45, 2.75) is 38.9 Å². The number of benzene rings is 1. The van der Waals surface area contributed by atoms with Gasteiger partial charge >= 0.3 is 6.18 Å². The average Bonchev–Trinajstić information content (AvgIpc) is 3.21. The first-order chi connectivity index (χ1) is 18.1. The van der Waals surface area contributed by atoms with Gasteiger partial charge in [0, 0.05) is 68.8 Å². The third kappa shape index (κ3) is 5.90. The van der Waals surface area contributed by atoms with Crippen LogP contribution >= 0.6 is 11.6 Å². The van der Waals surface area contributed by atoms with Gasteiger partial charge in [0.15, 0.2) is 0 Å². The van der Waals surface area contributed by atoms with Crippen LogP contribution in [-0.2, 0) is 20.0 Å². The van der Waals surface area contributed by atoms with Crippen LogP contribution in [0.15, 0.2) is 36.3 Å². The molecule has 3 heterocycles. The summed E-state index contributed by atoms with van der Waals surface area (Å²) in [5, 5.41) is 1.40. The molecule has 3 aromatic rings. The summed E-state index contributed by atoms with van der Waals surface area (Å²) in [6, 6.07) is 5.93. The second-order valence-corrected chi connectivity index (χ2v) is 10.0. The van der Waals surface area contributed by atoms with E-state index in [4.69, 9.17) is 28.2 Å². The fraction of sp³-hybridized carbons (Fsp3) is 0.462. The van der Waals surface area contributed by atoms with Gasteiger partial charge in [0.2, 0.25) is 0 Å². The van der Waals surface area contributed by atoms with E-state index >= 15 is 0 Å². The van der Waals surface area contributed by atoms with Gasteiger partial charge < -0.3 is 15.7 Å². The number of piperazine rings is 1. The normalized spacial score (nSPS) is 16.8. The Labute approximate surface area is 225 Å². The Morgan fingerprint density at radius 2 is 1.89 bits per heavy atom. The molecule has 4 rings (SSSR count). The highest BCUT2D eigenvalue weighted by Crippen LogP contribution is 2.36. The molecule has 5 N–H and O–H groups in total. The van der Waals surface area contributed by atoms with E-state index in [0.29, 0.717) is 49.9 Å². The van der Waals surface area contributed by atoms with Gasteiger partial charge in [-0.1, -0.05) is 24.6 Å². The Kier molecular flexibility index (Phi) is 8.51. The summed E-state index contributed by atoms with van der Waals surface area (Å²) in [7, 11) is 1.94. The van der Waals surface area contributed by atoms with E-state index in [-0.39, 0.29) is 5.92 Å². The number of pyridine rings is 1. The van der Waals surface area contributed by atoms with E-state index in [0.717, 1.165) is 39.2 Å². The molecule has 1 unspecified atom stereocenters. The first-order valence-electron chi connectivity index (χ1n) is 12.5. The molecule has 1 aliphatic rings. The van der Waals surface area contributed by atoms with Crippen LogP contribution in [0, 0.1) is 6.92 Å². The predicted molar refractivity (Wildman–Crippen MR) is 143 cm³/mol. The molecular formula is C26H34ClF3N8. The Morgan fingerprint density at radius 1 is 1.21 bits per heavy atom. The van der Waals surface area contributed by atoms with E-state index in [1.807, 2.05) is 43.7 Å². The molecule has 1 aromatic carbocycles. The molecule has 0 spiro atoms. The summed E-state index contributed by atoms with van der Waals surface area (Å²) in [6.45, 7) is 5.37.